The van der Waals surface area contributed by atoms with E-state index in [0.717, 1.165) is 32.1 Å². The van der Waals surface area contributed by atoms with Crippen LogP contribution in [0.3, 0.4) is 0 Å². The van der Waals surface area contributed by atoms with Gasteiger partial charge in [-0.2, -0.15) is 0 Å². The number of rotatable bonds is 0. The van der Waals surface area contributed by atoms with Crippen LogP contribution in [0.5, 0.6) is 0 Å². The number of hydrogen-bond acceptors (Lipinski definition) is 0. The quantitative estimate of drug-likeness (QED) is 0.494. The third-order valence-corrected chi connectivity index (χ3v) is 2.09. The summed E-state index contributed by atoms with van der Waals surface area (Å²) in [6.45, 7) is 0. The fourth-order valence-electron chi connectivity index (χ4n) is 1.30. The van der Waals surface area contributed by atoms with Gasteiger partial charge in [-0.25, -0.2) is 0 Å². The summed E-state index contributed by atoms with van der Waals surface area (Å²) in [5, 5.41) is 0. The Morgan fingerprint density at radius 3 is 2.14 bits per heavy atom. The molecule has 1 aliphatic carbocycles. The zero-order valence-electron chi connectivity index (χ0n) is 8.73. The molecule has 0 amide bonds. The fourth-order valence-corrected chi connectivity index (χ4v) is 1.30. The fraction of sp³-hybridized carbons (Fsp3) is 0.357. The second kappa shape index (κ2) is 8.55. The average Bonchev–Trinajstić information content (AvgIpc) is 2.22. The minimum atomic E-state index is 1.06. The molecule has 0 saturated heterocycles. The molecule has 0 aromatic heterocycles. The molecule has 0 saturated carbocycles. The van der Waals surface area contributed by atoms with Crippen LogP contribution in [-0.4, -0.2) is 0 Å². The van der Waals surface area contributed by atoms with Gasteiger partial charge in [0.15, 0.2) is 0 Å². The molecule has 1 aliphatic rings. The molecule has 0 spiro atoms. The Morgan fingerprint density at radius 1 is 0.500 bits per heavy atom. The Hall–Kier alpha value is -1.04. The van der Waals surface area contributed by atoms with E-state index in [1.54, 1.807) is 0 Å². The van der Waals surface area contributed by atoms with Gasteiger partial charge in [0.2, 0.25) is 0 Å². The molecule has 75 valence electrons. The minimum Gasteiger partial charge on any atom is -0.0882 e. The van der Waals surface area contributed by atoms with E-state index in [4.69, 9.17) is 0 Å². The van der Waals surface area contributed by atoms with Crippen molar-refractivity contribution in [2.24, 2.45) is 0 Å². The SMILES string of the molecule is [CH]1C=CCCC=CC=CCC=CCC1. The number of hydrogen-bond donors (Lipinski definition) is 0. The lowest BCUT2D eigenvalue weighted by Crippen LogP contribution is -1.72. The van der Waals surface area contributed by atoms with Crippen molar-refractivity contribution in [3.05, 3.63) is 55.0 Å². The van der Waals surface area contributed by atoms with Gasteiger partial charge < -0.3 is 0 Å². The van der Waals surface area contributed by atoms with Gasteiger partial charge in [-0.05, 0) is 38.5 Å². The maximum absolute atomic E-state index is 2.25. The normalized spacial score (nSPS) is 19.4. The highest BCUT2D eigenvalue weighted by Crippen LogP contribution is 2.01. The van der Waals surface area contributed by atoms with E-state index in [9.17, 15) is 0 Å². The van der Waals surface area contributed by atoms with Gasteiger partial charge in [0, 0.05) is 0 Å². The van der Waals surface area contributed by atoms with Crippen molar-refractivity contribution in [3.8, 4) is 0 Å². The Kier molecular flexibility index (Phi) is 6.74. The van der Waals surface area contributed by atoms with Crippen LogP contribution >= 0.6 is 0 Å². The molecule has 0 fully saturated rings. The molecule has 0 bridgehead atoms. The van der Waals surface area contributed by atoms with Gasteiger partial charge in [0.05, 0.1) is 0 Å². The third-order valence-electron chi connectivity index (χ3n) is 2.09. The van der Waals surface area contributed by atoms with Crippen molar-refractivity contribution < 1.29 is 0 Å². The molecular formula is C14H19. The van der Waals surface area contributed by atoms with Crippen LogP contribution in [0.2, 0.25) is 0 Å². The van der Waals surface area contributed by atoms with Crippen molar-refractivity contribution in [1.29, 1.82) is 0 Å². The predicted octanol–water partition coefficient (Wildman–Crippen LogP) is 4.38. The van der Waals surface area contributed by atoms with Gasteiger partial charge >= 0.3 is 0 Å². The van der Waals surface area contributed by atoms with Gasteiger partial charge in [-0.3, -0.25) is 0 Å². The Bertz CT molecular complexity index is 228. The smallest absolute Gasteiger partial charge is 0.0166 e. The van der Waals surface area contributed by atoms with Crippen LogP contribution in [0.4, 0.5) is 0 Å². The van der Waals surface area contributed by atoms with Gasteiger partial charge in [0.1, 0.15) is 0 Å². The molecule has 0 aromatic rings. The summed E-state index contributed by atoms with van der Waals surface area (Å²) in [4.78, 5) is 0. The van der Waals surface area contributed by atoms with E-state index >= 15 is 0 Å². The molecule has 0 N–H and O–H groups in total. The van der Waals surface area contributed by atoms with E-state index in [0.29, 0.717) is 0 Å². The molecule has 0 heterocycles. The summed E-state index contributed by atoms with van der Waals surface area (Å²) in [6.07, 6.45) is 25.5. The Balaban J connectivity index is 2.35. The van der Waals surface area contributed by atoms with E-state index in [1.165, 1.54) is 0 Å². The topological polar surface area (TPSA) is 0 Å². The first-order chi connectivity index (χ1) is 7.00. The summed E-state index contributed by atoms with van der Waals surface area (Å²) in [6, 6.07) is 0. The lowest BCUT2D eigenvalue weighted by molar-refractivity contribution is 0.987. The Morgan fingerprint density at radius 2 is 1.21 bits per heavy atom. The molecule has 14 heavy (non-hydrogen) atoms. The molecule has 1 rings (SSSR count). The first-order valence-electron chi connectivity index (χ1n) is 5.45. The maximum Gasteiger partial charge on any atom is -0.0166 e. The molecule has 0 aliphatic heterocycles. The highest BCUT2D eigenvalue weighted by atomic mass is 13.9. The molecule has 0 unspecified atom stereocenters. The third kappa shape index (κ3) is 6.47. The molecule has 0 atom stereocenters. The van der Waals surface area contributed by atoms with Gasteiger partial charge in [-0.1, -0.05) is 48.6 Å². The van der Waals surface area contributed by atoms with Crippen molar-refractivity contribution in [2.75, 3.05) is 0 Å². The van der Waals surface area contributed by atoms with E-state index in [1.807, 2.05) is 0 Å². The van der Waals surface area contributed by atoms with E-state index in [-0.39, 0.29) is 0 Å². The highest BCUT2D eigenvalue weighted by molar-refractivity contribution is 5.06. The lowest BCUT2D eigenvalue weighted by atomic mass is 10.2. The zero-order valence-corrected chi connectivity index (χ0v) is 8.73. The van der Waals surface area contributed by atoms with E-state index < -0.39 is 0 Å². The van der Waals surface area contributed by atoms with Crippen molar-refractivity contribution in [3.63, 3.8) is 0 Å². The van der Waals surface area contributed by atoms with Gasteiger partial charge in [0.25, 0.3) is 0 Å². The number of allylic oxidation sites excluding steroid dienone is 8. The second-order valence-electron chi connectivity index (χ2n) is 3.38. The van der Waals surface area contributed by atoms with Crippen LogP contribution in [-0.2, 0) is 0 Å². The minimum absolute atomic E-state index is 1.06. The first-order valence-corrected chi connectivity index (χ1v) is 5.45. The van der Waals surface area contributed by atoms with Crippen molar-refractivity contribution in [2.45, 2.75) is 32.1 Å². The summed E-state index contributed by atoms with van der Waals surface area (Å²) in [5.41, 5.74) is 0. The van der Waals surface area contributed by atoms with E-state index in [2.05, 4.69) is 55.0 Å². The van der Waals surface area contributed by atoms with Crippen LogP contribution in [0.1, 0.15) is 32.1 Å². The molecule has 0 nitrogen and oxygen atoms in total. The average molecular weight is 187 g/mol. The summed E-state index contributed by atoms with van der Waals surface area (Å²) >= 11 is 0. The van der Waals surface area contributed by atoms with Crippen molar-refractivity contribution in [1.82, 2.24) is 0 Å². The predicted molar refractivity (Wildman–Crippen MR) is 63.9 cm³/mol. The maximum atomic E-state index is 2.25. The molecule has 1 radical (unpaired) electrons. The lowest BCUT2D eigenvalue weighted by Gasteiger charge is -1.91. The second-order valence-corrected chi connectivity index (χ2v) is 3.38. The van der Waals surface area contributed by atoms with Crippen LogP contribution in [0, 0.1) is 6.42 Å². The molecular weight excluding hydrogens is 168 g/mol. The largest absolute Gasteiger partial charge is 0.0882 e. The van der Waals surface area contributed by atoms with Crippen LogP contribution in [0.25, 0.3) is 0 Å². The summed E-state index contributed by atoms with van der Waals surface area (Å²) in [5.74, 6) is 0. The standard InChI is InChI=1S/C14H19/c1-2-4-6-8-10-12-14-13-11-9-7-5-3-1/h1-4,7,9-10,12,14H,5-6,8,11,13H2. The van der Waals surface area contributed by atoms with Crippen molar-refractivity contribution >= 4 is 0 Å². The highest BCUT2D eigenvalue weighted by Gasteiger charge is 1.82. The zero-order chi connectivity index (χ0) is 9.90. The molecule has 0 aromatic carbocycles. The van der Waals surface area contributed by atoms with Crippen LogP contribution < -0.4 is 0 Å². The molecule has 0 heteroatoms. The summed E-state index contributed by atoms with van der Waals surface area (Å²) < 4.78 is 0. The summed E-state index contributed by atoms with van der Waals surface area (Å²) in [7, 11) is 0. The monoisotopic (exact) mass is 187 g/mol. The van der Waals surface area contributed by atoms with Crippen LogP contribution in [0.15, 0.2) is 48.6 Å². The first kappa shape index (κ1) is 11.0. The van der Waals surface area contributed by atoms with Gasteiger partial charge in [-0.15, -0.1) is 0 Å². The Labute approximate surface area is 87.7 Å².